The number of nitrogens with zero attached hydrogens (tertiary/aromatic N) is 1. The van der Waals surface area contributed by atoms with Gasteiger partial charge in [0.05, 0.1) is 0 Å². The number of unbranched alkanes of at least 4 members (excludes halogenated alkanes) is 1. The molecule has 2 aromatic carbocycles. The van der Waals surface area contributed by atoms with Crippen LogP contribution in [0.25, 0.3) is 0 Å². The molecule has 162 valence electrons. The third kappa shape index (κ3) is 6.90. The van der Waals surface area contributed by atoms with Gasteiger partial charge in [-0.15, -0.1) is 0 Å². The Hall–Kier alpha value is -2.82. The van der Waals surface area contributed by atoms with E-state index in [1.807, 2.05) is 69.3 Å². The molecule has 5 nitrogen and oxygen atoms in total. The molecule has 1 atom stereocenters. The highest BCUT2D eigenvalue weighted by Gasteiger charge is 2.28. The van der Waals surface area contributed by atoms with Crippen LogP contribution < -0.4 is 10.1 Å². The molecule has 0 fully saturated rings. The van der Waals surface area contributed by atoms with Gasteiger partial charge >= 0.3 is 0 Å². The number of aryl methyl sites for hydroxylation is 2. The smallest absolute Gasteiger partial charge is 0.261 e. The molecule has 0 unspecified atom stereocenters. The van der Waals surface area contributed by atoms with E-state index in [1.165, 1.54) is 0 Å². The minimum atomic E-state index is -0.531. The quantitative estimate of drug-likeness (QED) is 0.559. The maximum atomic E-state index is 13.2. The van der Waals surface area contributed by atoms with E-state index in [9.17, 15) is 9.59 Å². The van der Waals surface area contributed by atoms with E-state index in [0.717, 1.165) is 29.5 Å². The summed E-state index contributed by atoms with van der Waals surface area (Å²) in [6.07, 6.45) is 2.47. The third-order valence-electron chi connectivity index (χ3n) is 5.11. The lowest BCUT2D eigenvalue weighted by atomic mass is 10.1. The predicted octanol–water partition coefficient (Wildman–Crippen LogP) is 4.41. The lowest BCUT2D eigenvalue weighted by Gasteiger charge is -2.30. The van der Waals surface area contributed by atoms with Crippen molar-refractivity contribution < 1.29 is 14.3 Å². The van der Waals surface area contributed by atoms with Crippen LogP contribution >= 0.6 is 0 Å². The molecule has 0 saturated heterocycles. The molecule has 5 heteroatoms. The summed E-state index contributed by atoms with van der Waals surface area (Å²) in [5.41, 5.74) is 3.04. The second kappa shape index (κ2) is 12.0. The first kappa shape index (κ1) is 23.5. The number of hydrogen-bond donors (Lipinski definition) is 1. The highest BCUT2D eigenvalue weighted by Crippen LogP contribution is 2.20. The standard InChI is InChI=1S/C25H34N2O3/c1-5-7-15-26-25(29)22(6-2)27(17-21-11-9-8-10-12-21)24(28)18-30-23-16-19(3)13-14-20(23)4/h8-14,16,22H,5-7,15,17-18H2,1-4H3,(H,26,29)/t22-/m1/s1. The fourth-order valence-electron chi connectivity index (χ4n) is 3.29. The van der Waals surface area contributed by atoms with Crippen LogP contribution in [0.15, 0.2) is 48.5 Å². The monoisotopic (exact) mass is 410 g/mol. The van der Waals surface area contributed by atoms with Gasteiger partial charge in [-0.25, -0.2) is 0 Å². The summed E-state index contributed by atoms with van der Waals surface area (Å²) >= 11 is 0. The van der Waals surface area contributed by atoms with E-state index in [-0.39, 0.29) is 18.4 Å². The summed E-state index contributed by atoms with van der Waals surface area (Å²) in [4.78, 5) is 27.6. The summed E-state index contributed by atoms with van der Waals surface area (Å²) < 4.78 is 5.85. The number of ether oxygens (including phenoxy) is 1. The molecule has 30 heavy (non-hydrogen) atoms. The fourth-order valence-corrected chi connectivity index (χ4v) is 3.29. The number of hydrogen-bond acceptors (Lipinski definition) is 3. The van der Waals surface area contributed by atoms with E-state index in [2.05, 4.69) is 12.2 Å². The summed E-state index contributed by atoms with van der Waals surface area (Å²) in [6.45, 7) is 8.85. The van der Waals surface area contributed by atoms with Crippen molar-refractivity contribution in [2.45, 2.75) is 59.5 Å². The SMILES string of the molecule is CCCCNC(=O)[C@@H](CC)N(Cc1ccccc1)C(=O)COc1cc(C)ccc1C. The molecular formula is C25H34N2O3. The van der Waals surface area contributed by atoms with E-state index in [1.54, 1.807) is 4.90 Å². The van der Waals surface area contributed by atoms with Crippen molar-refractivity contribution in [1.82, 2.24) is 10.2 Å². The normalized spacial score (nSPS) is 11.6. The van der Waals surface area contributed by atoms with E-state index >= 15 is 0 Å². The molecule has 0 aromatic heterocycles. The molecule has 0 spiro atoms. The van der Waals surface area contributed by atoms with Gasteiger partial charge in [0, 0.05) is 13.1 Å². The van der Waals surface area contributed by atoms with Crippen molar-refractivity contribution in [2.24, 2.45) is 0 Å². The zero-order valence-corrected chi connectivity index (χ0v) is 18.6. The Bertz CT molecular complexity index is 820. The summed E-state index contributed by atoms with van der Waals surface area (Å²) in [5, 5.41) is 2.97. The Morgan fingerprint density at radius 2 is 1.80 bits per heavy atom. The van der Waals surface area contributed by atoms with Gasteiger partial charge in [0.1, 0.15) is 11.8 Å². The van der Waals surface area contributed by atoms with Crippen LogP contribution in [0.5, 0.6) is 5.75 Å². The van der Waals surface area contributed by atoms with Crippen molar-refractivity contribution in [3.8, 4) is 5.75 Å². The van der Waals surface area contributed by atoms with Gasteiger partial charge in [0.25, 0.3) is 5.91 Å². The van der Waals surface area contributed by atoms with Crippen molar-refractivity contribution in [3.05, 3.63) is 65.2 Å². The van der Waals surface area contributed by atoms with Gasteiger partial charge in [-0.3, -0.25) is 9.59 Å². The fraction of sp³-hybridized carbons (Fsp3) is 0.440. The first-order chi connectivity index (χ1) is 14.5. The van der Waals surface area contributed by atoms with Crippen LogP contribution in [0.3, 0.4) is 0 Å². The predicted molar refractivity (Wildman–Crippen MR) is 120 cm³/mol. The Morgan fingerprint density at radius 1 is 1.07 bits per heavy atom. The summed E-state index contributed by atoms with van der Waals surface area (Å²) in [7, 11) is 0. The van der Waals surface area contributed by atoms with Gasteiger partial charge in [-0.2, -0.15) is 0 Å². The van der Waals surface area contributed by atoms with Crippen LogP contribution in [-0.4, -0.2) is 35.9 Å². The average Bonchev–Trinajstić information content (AvgIpc) is 2.75. The highest BCUT2D eigenvalue weighted by molar-refractivity contribution is 5.88. The van der Waals surface area contributed by atoms with E-state index in [4.69, 9.17) is 4.74 Å². The second-order valence-electron chi connectivity index (χ2n) is 7.63. The largest absolute Gasteiger partial charge is 0.483 e. The van der Waals surface area contributed by atoms with Gasteiger partial charge in [-0.1, -0.05) is 62.7 Å². The lowest BCUT2D eigenvalue weighted by Crippen LogP contribution is -2.50. The Balaban J connectivity index is 2.17. The first-order valence-electron chi connectivity index (χ1n) is 10.8. The molecule has 0 heterocycles. The molecule has 2 aromatic rings. The zero-order valence-electron chi connectivity index (χ0n) is 18.6. The maximum Gasteiger partial charge on any atom is 0.261 e. The number of benzene rings is 2. The van der Waals surface area contributed by atoms with Gasteiger partial charge in [0.2, 0.25) is 5.91 Å². The molecular weight excluding hydrogens is 376 g/mol. The molecule has 1 N–H and O–H groups in total. The Labute approximate surface area is 180 Å². The second-order valence-corrected chi connectivity index (χ2v) is 7.63. The molecule has 0 bridgehead atoms. The maximum absolute atomic E-state index is 13.2. The van der Waals surface area contributed by atoms with Gasteiger partial charge in [0.15, 0.2) is 6.61 Å². The Morgan fingerprint density at radius 3 is 2.47 bits per heavy atom. The minimum absolute atomic E-state index is 0.101. The summed E-state index contributed by atoms with van der Waals surface area (Å²) in [6, 6.07) is 15.1. The summed E-state index contributed by atoms with van der Waals surface area (Å²) in [5.74, 6) is 0.391. The van der Waals surface area contributed by atoms with Crippen molar-refractivity contribution in [1.29, 1.82) is 0 Å². The molecule has 0 aliphatic heterocycles. The van der Waals surface area contributed by atoms with Crippen LogP contribution in [-0.2, 0) is 16.1 Å². The van der Waals surface area contributed by atoms with Crippen LogP contribution in [0.2, 0.25) is 0 Å². The Kier molecular flexibility index (Phi) is 9.39. The molecule has 0 aliphatic carbocycles. The van der Waals surface area contributed by atoms with Gasteiger partial charge < -0.3 is 15.0 Å². The molecule has 0 saturated carbocycles. The van der Waals surface area contributed by atoms with Crippen LogP contribution in [0.4, 0.5) is 0 Å². The number of amides is 2. The minimum Gasteiger partial charge on any atom is -0.483 e. The van der Waals surface area contributed by atoms with Crippen molar-refractivity contribution >= 4 is 11.8 Å². The zero-order chi connectivity index (χ0) is 21.9. The number of rotatable bonds is 11. The van der Waals surface area contributed by atoms with Crippen molar-refractivity contribution in [2.75, 3.05) is 13.2 Å². The molecule has 0 radical (unpaired) electrons. The topological polar surface area (TPSA) is 58.6 Å². The number of carbonyl (C=O) groups excluding carboxylic acids is 2. The molecule has 2 rings (SSSR count). The third-order valence-corrected chi connectivity index (χ3v) is 5.11. The van der Waals surface area contributed by atoms with Crippen LogP contribution in [0.1, 0.15) is 49.8 Å². The average molecular weight is 411 g/mol. The van der Waals surface area contributed by atoms with E-state index < -0.39 is 6.04 Å². The number of nitrogens with one attached hydrogen (secondary N) is 1. The first-order valence-corrected chi connectivity index (χ1v) is 10.8. The van der Waals surface area contributed by atoms with Crippen molar-refractivity contribution in [3.63, 3.8) is 0 Å². The molecule has 2 amide bonds. The van der Waals surface area contributed by atoms with Gasteiger partial charge in [-0.05, 0) is 49.4 Å². The number of carbonyl (C=O) groups is 2. The van der Waals surface area contributed by atoms with E-state index in [0.29, 0.717) is 25.3 Å². The highest BCUT2D eigenvalue weighted by atomic mass is 16.5. The van der Waals surface area contributed by atoms with Crippen LogP contribution in [0, 0.1) is 13.8 Å². The lowest BCUT2D eigenvalue weighted by molar-refractivity contribution is -0.143. The molecule has 0 aliphatic rings.